The van der Waals surface area contributed by atoms with Crippen LogP contribution in [-0.2, 0) is 16.3 Å². The molecule has 0 spiro atoms. The monoisotopic (exact) mass is 421 g/mol. The maximum atomic E-state index is 12.8. The topological polar surface area (TPSA) is 47.0 Å². The van der Waals surface area contributed by atoms with Gasteiger partial charge in [-0.15, -0.1) is 0 Å². The summed E-state index contributed by atoms with van der Waals surface area (Å²) in [7, 11) is -4.92. The first-order valence-electron chi connectivity index (χ1n) is 10.1. The maximum Gasteiger partial charge on any atom is 0.207 e. The third-order valence-electron chi connectivity index (χ3n) is 5.46. The molecule has 0 amide bonds. The average Bonchev–Trinajstić information content (AvgIpc) is 2.88. The third kappa shape index (κ3) is 3.47. The summed E-state index contributed by atoms with van der Waals surface area (Å²) in [5.41, 5.74) is 4.80. The van der Waals surface area contributed by atoms with Crippen molar-refractivity contribution in [1.82, 2.24) is 4.98 Å². The predicted molar refractivity (Wildman–Crippen MR) is 122 cm³/mol. The second kappa shape index (κ2) is 6.92. The molecule has 3 nitrogen and oxygen atoms in total. The van der Waals surface area contributed by atoms with Crippen molar-refractivity contribution in [2.75, 3.05) is 0 Å². The number of hydrogen-bond donors (Lipinski definition) is 0. The van der Waals surface area contributed by atoms with Gasteiger partial charge in [-0.2, -0.15) is 0 Å². The van der Waals surface area contributed by atoms with Crippen LogP contribution in [0, 0.1) is 5.92 Å². The van der Waals surface area contributed by atoms with E-state index in [1.54, 1.807) is 18.2 Å². The minimum Gasteiger partial charge on any atom is -0.256 e. The molecule has 2 heterocycles. The zero-order valence-electron chi connectivity index (χ0n) is 17.7. The average molecular weight is 422 g/mol. The summed E-state index contributed by atoms with van der Waals surface area (Å²) in [6.07, 6.45) is 3.08. The zero-order chi connectivity index (χ0) is 21.0. The molecule has 0 unspecified atom stereocenters. The summed E-state index contributed by atoms with van der Waals surface area (Å²) >= 11 is 0. The molecule has 0 fully saturated rings. The molecular formula is C24H27NO2SSi. The first-order chi connectivity index (χ1) is 13.6. The summed E-state index contributed by atoms with van der Waals surface area (Å²) < 4.78 is 25.7. The fourth-order valence-corrected chi connectivity index (χ4v) is 7.37. The molecule has 0 saturated carbocycles. The number of fused-ring (bicyclic) bond motifs is 3. The van der Waals surface area contributed by atoms with Crippen LogP contribution in [0.25, 0.3) is 22.4 Å². The molecule has 0 N–H and O–H groups in total. The maximum absolute atomic E-state index is 12.8. The summed E-state index contributed by atoms with van der Waals surface area (Å²) in [6.45, 7) is 11.5. The Morgan fingerprint density at radius 3 is 2.31 bits per heavy atom. The van der Waals surface area contributed by atoms with Gasteiger partial charge in [-0.3, -0.25) is 4.98 Å². The van der Waals surface area contributed by atoms with E-state index >= 15 is 0 Å². The lowest BCUT2D eigenvalue weighted by atomic mass is 9.99. The molecule has 5 heteroatoms. The first-order valence-corrected chi connectivity index (χ1v) is 15.1. The van der Waals surface area contributed by atoms with E-state index in [0.29, 0.717) is 15.7 Å². The Balaban J connectivity index is 1.86. The van der Waals surface area contributed by atoms with Gasteiger partial charge in [-0.05, 0) is 47.4 Å². The van der Waals surface area contributed by atoms with Crippen LogP contribution in [0.3, 0.4) is 0 Å². The first kappa shape index (κ1) is 20.0. The van der Waals surface area contributed by atoms with E-state index in [4.69, 9.17) is 4.98 Å². The van der Waals surface area contributed by atoms with Crippen molar-refractivity contribution in [3.63, 3.8) is 0 Å². The van der Waals surface area contributed by atoms with Crippen molar-refractivity contribution in [1.29, 1.82) is 0 Å². The highest BCUT2D eigenvalue weighted by Crippen LogP contribution is 2.44. The Kier molecular flexibility index (Phi) is 4.78. The minimum absolute atomic E-state index is 0.392. The highest BCUT2D eigenvalue weighted by Gasteiger charge is 2.32. The molecule has 4 rings (SSSR count). The van der Waals surface area contributed by atoms with Crippen molar-refractivity contribution >= 4 is 23.1 Å². The van der Waals surface area contributed by atoms with E-state index in [1.165, 1.54) is 10.8 Å². The van der Waals surface area contributed by atoms with Crippen LogP contribution in [-0.4, -0.2) is 21.5 Å². The number of sulfone groups is 1. The lowest BCUT2D eigenvalue weighted by Gasteiger charge is -2.22. The smallest absolute Gasteiger partial charge is 0.207 e. The van der Waals surface area contributed by atoms with E-state index in [9.17, 15) is 8.42 Å². The summed E-state index contributed by atoms with van der Waals surface area (Å²) in [4.78, 5) is 5.58. The standard InChI is InChI=1S/C24H27NO2SSi/c1-16(2)12-18-14-21(25-15-24(18)29(3,4)5)17-10-11-23-20(13-17)19-8-6-7-9-22(19)28(23,26)27/h6-11,13-16H,12H2,1-5H3. The number of rotatable bonds is 4. The largest absolute Gasteiger partial charge is 0.256 e. The number of aromatic nitrogens is 1. The van der Waals surface area contributed by atoms with Gasteiger partial charge in [-0.1, -0.05) is 57.8 Å². The lowest BCUT2D eigenvalue weighted by Crippen LogP contribution is -2.40. The van der Waals surface area contributed by atoms with Crippen LogP contribution in [0.5, 0.6) is 0 Å². The van der Waals surface area contributed by atoms with E-state index in [2.05, 4.69) is 45.8 Å². The molecule has 0 bridgehead atoms. The molecule has 150 valence electrons. The Morgan fingerprint density at radius 1 is 0.931 bits per heavy atom. The minimum atomic E-state index is -3.43. The van der Waals surface area contributed by atoms with Crippen molar-refractivity contribution in [3.05, 3.63) is 60.3 Å². The molecule has 2 aromatic carbocycles. The van der Waals surface area contributed by atoms with Crippen LogP contribution in [0.2, 0.25) is 19.6 Å². The van der Waals surface area contributed by atoms with Gasteiger partial charge >= 0.3 is 0 Å². The van der Waals surface area contributed by atoms with Gasteiger partial charge in [0.1, 0.15) is 0 Å². The normalized spacial score (nSPS) is 14.7. The van der Waals surface area contributed by atoms with Crippen LogP contribution in [0.15, 0.2) is 64.5 Å². The van der Waals surface area contributed by atoms with E-state index in [0.717, 1.165) is 28.8 Å². The highest BCUT2D eigenvalue weighted by atomic mass is 32.2. The Morgan fingerprint density at radius 2 is 1.62 bits per heavy atom. The fraction of sp³-hybridized carbons (Fsp3) is 0.292. The molecular weight excluding hydrogens is 394 g/mol. The lowest BCUT2D eigenvalue weighted by molar-refractivity contribution is 0.598. The van der Waals surface area contributed by atoms with Crippen LogP contribution < -0.4 is 5.19 Å². The van der Waals surface area contributed by atoms with Crippen molar-refractivity contribution < 1.29 is 8.42 Å². The number of pyridine rings is 1. The van der Waals surface area contributed by atoms with E-state index in [-0.39, 0.29) is 0 Å². The van der Waals surface area contributed by atoms with E-state index in [1.807, 2.05) is 24.3 Å². The molecule has 1 aliphatic heterocycles. The number of hydrogen-bond acceptors (Lipinski definition) is 3. The SMILES string of the molecule is CC(C)Cc1cc(-c2ccc3c(c2)-c2ccccc2S3(=O)=O)ncc1[Si](C)(C)C. The number of benzene rings is 2. The molecule has 0 radical (unpaired) electrons. The van der Waals surface area contributed by atoms with Gasteiger partial charge in [-0.25, -0.2) is 8.42 Å². The van der Waals surface area contributed by atoms with Gasteiger partial charge in [0, 0.05) is 22.9 Å². The van der Waals surface area contributed by atoms with Crippen LogP contribution in [0.1, 0.15) is 19.4 Å². The van der Waals surface area contributed by atoms with Crippen molar-refractivity contribution in [2.24, 2.45) is 5.92 Å². The highest BCUT2D eigenvalue weighted by molar-refractivity contribution is 7.92. The molecule has 0 atom stereocenters. The zero-order valence-corrected chi connectivity index (χ0v) is 19.5. The summed E-state index contributed by atoms with van der Waals surface area (Å²) in [6, 6.07) is 15.0. The van der Waals surface area contributed by atoms with Crippen LogP contribution >= 0.6 is 0 Å². The second-order valence-electron chi connectivity index (χ2n) is 9.29. The van der Waals surface area contributed by atoms with Crippen molar-refractivity contribution in [2.45, 2.75) is 49.7 Å². The van der Waals surface area contributed by atoms with Crippen molar-refractivity contribution in [3.8, 4) is 22.4 Å². The third-order valence-corrected chi connectivity index (χ3v) is 9.39. The Bertz CT molecular complexity index is 1210. The van der Waals surface area contributed by atoms with Gasteiger partial charge < -0.3 is 0 Å². The Hall–Kier alpha value is -2.24. The molecule has 0 aliphatic carbocycles. The molecule has 1 aliphatic rings. The van der Waals surface area contributed by atoms with Gasteiger partial charge in [0.05, 0.1) is 23.6 Å². The van der Waals surface area contributed by atoms with Gasteiger partial charge in [0.25, 0.3) is 0 Å². The fourth-order valence-electron chi connectivity index (χ4n) is 4.12. The molecule has 29 heavy (non-hydrogen) atoms. The van der Waals surface area contributed by atoms with Crippen LogP contribution in [0.4, 0.5) is 0 Å². The summed E-state index contributed by atoms with van der Waals surface area (Å²) in [5.74, 6) is 0.567. The predicted octanol–water partition coefficient (Wildman–Crippen LogP) is 5.31. The van der Waals surface area contributed by atoms with Gasteiger partial charge in [0.2, 0.25) is 9.84 Å². The van der Waals surface area contributed by atoms with Gasteiger partial charge in [0.15, 0.2) is 0 Å². The molecule has 0 saturated heterocycles. The molecule has 3 aromatic rings. The molecule has 1 aromatic heterocycles. The Labute approximate surface area is 174 Å². The van der Waals surface area contributed by atoms with E-state index < -0.39 is 17.9 Å². The summed E-state index contributed by atoms with van der Waals surface area (Å²) in [5, 5.41) is 1.41. The second-order valence-corrected chi connectivity index (χ2v) is 16.2. The number of nitrogens with zero attached hydrogens (tertiary/aromatic N) is 1. The quantitative estimate of drug-likeness (QED) is 0.420.